The third-order valence-electron chi connectivity index (χ3n) is 11.3. The van der Waals surface area contributed by atoms with Crippen LogP contribution in [0.25, 0.3) is 0 Å². The number of allylic oxidation sites excluding steroid dienone is 8. The smallest absolute Gasteiger partial charge is 0.303 e. The van der Waals surface area contributed by atoms with Crippen LogP contribution in [0, 0.1) is 0 Å². The van der Waals surface area contributed by atoms with E-state index in [0.29, 0.717) is 12.8 Å². The van der Waals surface area contributed by atoms with Crippen molar-refractivity contribution in [2.75, 3.05) is 33.9 Å². The Morgan fingerprint density at radius 2 is 0.758 bits per heavy atom. The first-order valence-corrected chi connectivity index (χ1v) is 25.4. The number of carboxylic acids is 2. The maximum atomic E-state index is 10.5. The second-order valence-electron chi connectivity index (χ2n) is 17.7. The van der Waals surface area contributed by atoms with Crippen molar-refractivity contribution in [1.82, 2.24) is 4.90 Å². The van der Waals surface area contributed by atoms with Gasteiger partial charge in [-0.05, 0) is 141 Å². The molecule has 0 aliphatic heterocycles. The predicted octanol–water partition coefficient (Wildman–Crippen LogP) is 15.8. The van der Waals surface area contributed by atoms with Crippen LogP contribution >= 0.6 is 0 Å². The second kappa shape index (κ2) is 44.3. The molecule has 0 amide bonds. The second-order valence-corrected chi connectivity index (χ2v) is 17.7. The van der Waals surface area contributed by atoms with Gasteiger partial charge in [0.1, 0.15) is 11.5 Å². The molecule has 0 radical (unpaired) electrons. The van der Waals surface area contributed by atoms with Crippen LogP contribution in [0.4, 0.5) is 0 Å². The molecule has 0 saturated carbocycles. The number of hydrogen-bond acceptors (Lipinski definition) is 5. The summed E-state index contributed by atoms with van der Waals surface area (Å²) in [4.78, 5) is 23.3. The summed E-state index contributed by atoms with van der Waals surface area (Å²) in [6, 6.07) is 6.54. The monoisotopic (exact) mass is 864 g/mol. The SMILES string of the molecule is CN(C)CCCc1cc(OCCCCCCCCCC=CCC=CCCCCCCCC(=O)O)cc(OCCCCCCCCCC=CC/C=C\CCCCCCCC(=O)O)c1. The highest BCUT2D eigenvalue weighted by Gasteiger charge is 2.06. The van der Waals surface area contributed by atoms with Gasteiger partial charge in [-0.3, -0.25) is 9.59 Å². The van der Waals surface area contributed by atoms with Crippen molar-refractivity contribution >= 4 is 11.9 Å². The number of unbranched alkanes of at least 4 members (excludes halogenated alkanes) is 24. The molecule has 7 heteroatoms. The molecule has 62 heavy (non-hydrogen) atoms. The van der Waals surface area contributed by atoms with Crippen molar-refractivity contribution in [1.29, 1.82) is 0 Å². The van der Waals surface area contributed by atoms with Crippen LogP contribution in [-0.2, 0) is 16.0 Å². The highest BCUT2D eigenvalue weighted by atomic mass is 16.5. The molecule has 0 atom stereocenters. The van der Waals surface area contributed by atoms with Crippen LogP contribution in [0.3, 0.4) is 0 Å². The van der Waals surface area contributed by atoms with Crippen molar-refractivity contribution in [2.45, 2.75) is 218 Å². The predicted molar refractivity (Wildman–Crippen MR) is 264 cm³/mol. The number of hydrogen-bond donors (Lipinski definition) is 2. The summed E-state index contributed by atoms with van der Waals surface area (Å²) < 4.78 is 12.5. The van der Waals surface area contributed by atoms with Gasteiger partial charge in [0.2, 0.25) is 0 Å². The zero-order valence-electron chi connectivity index (χ0n) is 40.0. The molecule has 0 heterocycles. The third-order valence-corrected chi connectivity index (χ3v) is 11.3. The van der Waals surface area contributed by atoms with Crippen LogP contribution < -0.4 is 9.47 Å². The van der Waals surface area contributed by atoms with Gasteiger partial charge in [0.15, 0.2) is 0 Å². The van der Waals surface area contributed by atoms with Gasteiger partial charge < -0.3 is 24.6 Å². The Hall–Kier alpha value is -3.32. The Labute approximate surface area is 380 Å². The lowest BCUT2D eigenvalue weighted by atomic mass is 10.1. The summed E-state index contributed by atoms with van der Waals surface area (Å²) >= 11 is 0. The summed E-state index contributed by atoms with van der Waals surface area (Å²) in [6.45, 7) is 2.61. The molecular weight excluding hydrogens is 771 g/mol. The molecule has 354 valence electrons. The van der Waals surface area contributed by atoms with Crippen LogP contribution in [0.2, 0.25) is 0 Å². The normalized spacial score (nSPS) is 12.0. The number of carbonyl (C=O) groups is 2. The number of nitrogens with zero attached hydrogens (tertiary/aromatic N) is 1. The molecule has 0 saturated heterocycles. The van der Waals surface area contributed by atoms with Gasteiger partial charge in [-0.25, -0.2) is 0 Å². The van der Waals surface area contributed by atoms with Gasteiger partial charge in [-0.2, -0.15) is 0 Å². The van der Waals surface area contributed by atoms with E-state index in [-0.39, 0.29) is 0 Å². The largest absolute Gasteiger partial charge is 0.493 e. The minimum Gasteiger partial charge on any atom is -0.493 e. The van der Waals surface area contributed by atoms with Crippen LogP contribution in [0.5, 0.6) is 11.5 Å². The first-order valence-electron chi connectivity index (χ1n) is 25.4. The molecular formula is C55H93NO6. The fourth-order valence-electron chi connectivity index (χ4n) is 7.57. The summed E-state index contributed by atoms with van der Waals surface area (Å²) in [5.74, 6) is 0.549. The quantitative estimate of drug-likeness (QED) is 0.0498. The highest BCUT2D eigenvalue weighted by molar-refractivity contribution is 5.66. The Morgan fingerprint density at radius 3 is 1.10 bits per heavy atom. The van der Waals surface area contributed by atoms with E-state index in [1.165, 1.54) is 121 Å². The molecule has 0 aliphatic carbocycles. The lowest BCUT2D eigenvalue weighted by Gasteiger charge is -2.14. The topological polar surface area (TPSA) is 96.3 Å². The van der Waals surface area contributed by atoms with Gasteiger partial charge in [-0.15, -0.1) is 0 Å². The Kier molecular flexibility index (Phi) is 40.5. The fraction of sp³-hybridized carbons (Fsp3) is 0.709. The molecule has 7 nitrogen and oxygen atoms in total. The van der Waals surface area contributed by atoms with Gasteiger partial charge in [0.25, 0.3) is 0 Å². The van der Waals surface area contributed by atoms with Gasteiger partial charge in [-0.1, -0.05) is 151 Å². The Balaban J connectivity index is 2.10. The maximum absolute atomic E-state index is 10.5. The highest BCUT2D eigenvalue weighted by Crippen LogP contribution is 2.25. The van der Waals surface area contributed by atoms with E-state index >= 15 is 0 Å². The number of aryl methyl sites for hydroxylation is 1. The van der Waals surface area contributed by atoms with Gasteiger partial charge in [0, 0.05) is 18.9 Å². The molecule has 0 unspecified atom stereocenters. The van der Waals surface area contributed by atoms with Gasteiger partial charge >= 0.3 is 11.9 Å². The molecule has 0 spiro atoms. The number of rotatable bonds is 46. The van der Waals surface area contributed by atoms with Crippen molar-refractivity contribution in [2.24, 2.45) is 0 Å². The van der Waals surface area contributed by atoms with Crippen molar-refractivity contribution < 1.29 is 29.3 Å². The Bertz CT molecular complexity index is 1210. The van der Waals surface area contributed by atoms with Crippen molar-refractivity contribution in [3.8, 4) is 11.5 Å². The van der Waals surface area contributed by atoms with E-state index in [2.05, 4.69) is 85.8 Å². The first-order chi connectivity index (χ1) is 30.4. The lowest BCUT2D eigenvalue weighted by Crippen LogP contribution is -2.13. The summed E-state index contributed by atoms with van der Waals surface area (Å²) in [6.07, 6.45) is 56.3. The standard InChI is InChI=1S/C55H93NO6/c1-56(2)45-41-42-51-48-52(61-46-39-35-31-27-23-19-15-11-7-3-5-9-13-17-21-25-29-33-37-43-54(57)58)50-53(49-51)62-47-40-36-32-28-24-20-16-12-8-4-6-10-14-18-22-26-30-34-38-44-55(59)60/h3-4,7-10,13-14,48-50H,5-6,11-12,15-47H2,1-2H3,(H,57,58)(H,59,60)/b7-3?,8-4?,13-9-,14-10?. The maximum Gasteiger partial charge on any atom is 0.303 e. The first kappa shape index (κ1) is 56.7. The molecule has 1 rings (SSSR count). The van der Waals surface area contributed by atoms with E-state index in [1.54, 1.807) is 0 Å². The molecule has 0 aromatic heterocycles. The fourth-order valence-corrected chi connectivity index (χ4v) is 7.57. The number of benzene rings is 1. The molecule has 1 aromatic carbocycles. The van der Waals surface area contributed by atoms with E-state index in [9.17, 15) is 9.59 Å². The summed E-state index contributed by atoms with van der Waals surface area (Å²) in [5, 5.41) is 17.4. The number of carboxylic acid groups (broad SMARTS) is 2. The zero-order valence-corrected chi connectivity index (χ0v) is 40.0. The van der Waals surface area contributed by atoms with Crippen LogP contribution in [0.1, 0.15) is 217 Å². The van der Waals surface area contributed by atoms with E-state index in [1.807, 2.05) is 0 Å². The Morgan fingerprint density at radius 1 is 0.435 bits per heavy atom. The van der Waals surface area contributed by atoms with Crippen molar-refractivity contribution in [3.63, 3.8) is 0 Å². The molecule has 0 bridgehead atoms. The number of aliphatic carboxylic acids is 2. The van der Waals surface area contributed by atoms with E-state index in [4.69, 9.17) is 19.7 Å². The van der Waals surface area contributed by atoms with Crippen molar-refractivity contribution in [3.05, 3.63) is 72.4 Å². The molecule has 2 N–H and O–H groups in total. The number of ether oxygens (including phenoxy) is 2. The average Bonchev–Trinajstić information content (AvgIpc) is 3.24. The van der Waals surface area contributed by atoms with Crippen LogP contribution in [-0.4, -0.2) is 60.9 Å². The summed E-state index contributed by atoms with van der Waals surface area (Å²) in [5.41, 5.74) is 1.31. The zero-order chi connectivity index (χ0) is 44.8. The van der Waals surface area contributed by atoms with E-state index in [0.717, 1.165) is 121 Å². The molecule has 0 fully saturated rings. The third kappa shape index (κ3) is 42.0. The minimum absolute atomic E-state index is 0.308. The lowest BCUT2D eigenvalue weighted by molar-refractivity contribution is -0.138. The average molecular weight is 864 g/mol. The minimum atomic E-state index is -0.678. The molecule has 1 aromatic rings. The van der Waals surface area contributed by atoms with Gasteiger partial charge in [0.05, 0.1) is 13.2 Å². The summed E-state index contributed by atoms with van der Waals surface area (Å²) in [7, 11) is 4.27. The van der Waals surface area contributed by atoms with Crippen LogP contribution in [0.15, 0.2) is 66.8 Å². The van der Waals surface area contributed by atoms with E-state index < -0.39 is 11.9 Å². The molecule has 0 aliphatic rings.